The van der Waals surface area contributed by atoms with Gasteiger partial charge in [0.1, 0.15) is 22.6 Å². The molecule has 1 amide bonds. The van der Waals surface area contributed by atoms with Gasteiger partial charge in [-0.15, -0.1) is 23.7 Å². The van der Waals surface area contributed by atoms with Gasteiger partial charge in [-0.25, -0.2) is 8.78 Å². The van der Waals surface area contributed by atoms with Crippen LogP contribution in [0.5, 0.6) is 0 Å². The average Bonchev–Trinajstić information content (AvgIpc) is 3.43. The molecule has 0 aliphatic heterocycles. The van der Waals surface area contributed by atoms with Crippen molar-refractivity contribution in [3.8, 4) is 10.4 Å². The average molecular weight is 694 g/mol. The van der Waals surface area contributed by atoms with Crippen molar-refractivity contribution < 1.29 is 23.5 Å². The number of carbonyl (C=O) groups excluding carboxylic acids is 2. The maximum Gasteiger partial charge on any atom is 0.253 e. The van der Waals surface area contributed by atoms with Crippen molar-refractivity contribution in [2.24, 2.45) is 5.92 Å². The number of fused-ring (bicyclic) bond motifs is 1. The number of pyridine rings is 1. The largest absolute Gasteiger partial charge is 0.383 e. The molecule has 0 saturated carbocycles. The summed E-state index contributed by atoms with van der Waals surface area (Å²) in [4.78, 5) is 43.2. The molecule has 5 rings (SSSR count). The summed E-state index contributed by atoms with van der Waals surface area (Å²) in [5.41, 5.74) is 2.38. The Balaban J connectivity index is 0.00000520. The van der Waals surface area contributed by atoms with Crippen LogP contribution in [-0.2, 0) is 24.4 Å². The Labute approximate surface area is 288 Å². The van der Waals surface area contributed by atoms with Crippen LogP contribution in [0.25, 0.3) is 20.7 Å². The molecule has 0 aliphatic carbocycles. The summed E-state index contributed by atoms with van der Waals surface area (Å²) in [5.74, 6) is -2.79. The first-order chi connectivity index (χ1) is 22.5. The zero-order valence-electron chi connectivity index (χ0n) is 27.1. The van der Waals surface area contributed by atoms with Crippen molar-refractivity contribution >= 4 is 51.3 Å². The molecule has 0 aliphatic rings. The first kappa shape index (κ1) is 36.6. The molecule has 0 saturated heterocycles. The monoisotopic (exact) mass is 693 g/mol. The minimum Gasteiger partial charge on any atom is -0.383 e. The molecule has 0 fully saturated rings. The zero-order valence-corrected chi connectivity index (χ0v) is 28.8. The van der Waals surface area contributed by atoms with Gasteiger partial charge in [0, 0.05) is 41.3 Å². The maximum absolute atomic E-state index is 14.9. The predicted octanol–water partition coefficient (Wildman–Crippen LogP) is 7.66. The first-order valence-electron chi connectivity index (χ1n) is 15.5. The molecule has 2 heterocycles. The number of aliphatic hydroxyl groups excluding tert-OH is 1. The lowest BCUT2D eigenvalue weighted by Crippen LogP contribution is -2.26. The Hall–Kier alpha value is -4.22. The van der Waals surface area contributed by atoms with Crippen molar-refractivity contribution in [1.82, 2.24) is 9.47 Å². The Bertz CT molecular complexity index is 1960. The van der Waals surface area contributed by atoms with E-state index in [1.165, 1.54) is 35.7 Å². The summed E-state index contributed by atoms with van der Waals surface area (Å²) in [6.45, 7) is 5.83. The fraction of sp³-hybridized carbons (Fsp3) is 0.270. The number of carbonyl (C=O) groups is 2. The number of anilines is 1. The molecule has 3 aromatic carbocycles. The number of rotatable bonds is 12. The van der Waals surface area contributed by atoms with Gasteiger partial charge in [0.2, 0.25) is 5.43 Å². The molecule has 48 heavy (non-hydrogen) atoms. The number of aromatic nitrogens is 1. The number of amides is 1. The van der Waals surface area contributed by atoms with E-state index in [-0.39, 0.29) is 42.3 Å². The fourth-order valence-electron chi connectivity index (χ4n) is 5.47. The summed E-state index contributed by atoms with van der Waals surface area (Å²) < 4.78 is 31.4. The third kappa shape index (κ3) is 7.90. The van der Waals surface area contributed by atoms with Crippen LogP contribution in [0, 0.1) is 17.6 Å². The minimum atomic E-state index is -1.13. The van der Waals surface area contributed by atoms with E-state index in [9.17, 15) is 28.3 Å². The Kier molecular flexibility index (Phi) is 12.0. The number of nitrogens with zero attached hydrogens (tertiary/aromatic N) is 2. The molecule has 5 aromatic rings. The molecular formula is C37H38ClF2N3O4S. The SMILES string of the molecule is CCC(O)C(=O)Nc1ccc(-c2sc3c(c2CN(C)Cc2ccccc2)c(=O)c(C(=O)C(C)C)cn3Cc2c(F)cccc2F)cc1.Cl. The van der Waals surface area contributed by atoms with E-state index >= 15 is 0 Å². The summed E-state index contributed by atoms with van der Waals surface area (Å²) in [5, 5.41) is 12.9. The van der Waals surface area contributed by atoms with Crippen LogP contribution in [0.2, 0.25) is 0 Å². The van der Waals surface area contributed by atoms with Crippen molar-refractivity contribution in [1.29, 1.82) is 0 Å². The predicted molar refractivity (Wildman–Crippen MR) is 190 cm³/mol. The lowest BCUT2D eigenvalue weighted by molar-refractivity contribution is -0.124. The van der Waals surface area contributed by atoms with Gasteiger partial charge in [-0.3, -0.25) is 19.3 Å². The molecule has 1 atom stereocenters. The van der Waals surface area contributed by atoms with Crippen molar-refractivity contribution in [3.63, 3.8) is 0 Å². The molecule has 252 valence electrons. The number of aliphatic hydroxyl groups is 1. The lowest BCUT2D eigenvalue weighted by atomic mass is 9.99. The van der Waals surface area contributed by atoms with E-state index in [0.717, 1.165) is 16.0 Å². The normalized spacial score (nSPS) is 11.9. The minimum absolute atomic E-state index is 0. The highest BCUT2D eigenvalue weighted by Gasteiger charge is 2.26. The highest BCUT2D eigenvalue weighted by Crippen LogP contribution is 2.39. The standard InChI is InChI=1S/C37H37F2N3O4S.ClH/c1-5-31(43)36(46)40-25-16-14-24(15-17-25)35-27(19-41(4)18-23-10-7-6-8-11-23)32-34(45)28(33(44)22(2)3)21-42(37(32)47-35)20-26-29(38)12-9-13-30(26)39;/h6-17,21-22,31,43H,5,18-20H2,1-4H3,(H,40,46);1H. The number of halogens is 3. The molecule has 2 aromatic heterocycles. The van der Waals surface area contributed by atoms with Crippen LogP contribution in [0.15, 0.2) is 83.8 Å². The van der Waals surface area contributed by atoms with Crippen LogP contribution in [0.4, 0.5) is 14.5 Å². The second-order valence-electron chi connectivity index (χ2n) is 12.0. The summed E-state index contributed by atoms with van der Waals surface area (Å²) in [6, 6.07) is 20.6. The smallest absolute Gasteiger partial charge is 0.253 e. The third-order valence-corrected chi connectivity index (χ3v) is 9.33. The Morgan fingerprint density at radius 3 is 2.19 bits per heavy atom. The number of hydrogen-bond donors (Lipinski definition) is 2. The van der Waals surface area contributed by atoms with Gasteiger partial charge >= 0.3 is 0 Å². The lowest BCUT2D eigenvalue weighted by Gasteiger charge is -2.18. The van der Waals surface area contributed by atoms with E-state index in [1.54, 1.807) is 37.5 Å². The highest BCUT2D eigenvalue weighted by atomic mass is 35.5. The number of ketones is 1. The van der Waals surface area contributed by atoms with E-state index in [1.807, 2.05) is 49.5 Å². The highest BCUT2D eigenvalue weighted by molar-refractivity contribution is 7.22. The molecule has 0 spiro atoms. The van der Waals surface area contributed by atoms with Gasteiger partial charge in [-0.1, -0.05) is 69.3 Å². The molecule has 11 heteroatoms. The number of thiophene rings is 1. The molecule has 0 bridgehead atoms. The van der Waals surface area contributed by atoms with Crippen molar-refractivity contribution in [2.45, 2.75) is 52.9 Å². The third-order valence-electron chi connectivity index (χ3n) is 8.01. The van der Waals surface area contributed by atoms with Crippen LogP contribution < -0.4 is 10.7 Å². The van der Waals surface area contributed by atoms with E-state index in [2.05, 4.69) is 10.2 Å². The second kappa shape index (κ2) is 15.8. The number of benzene rings is 3. The Morgan fingerprint density at radius 2 is 1.58 bits per heavy atom. The molecule has 1 unspecified atom stereocenters. The fourth-order valence-corrected chi connectivity index (χ4v) is 6.76. The number of nitrogens with one attached hydrogen (secondary N) is 1. The number of hydrogen-bond acceptors (Lipinski definition) is 6. The van der Waals surface area contributed by atoms with Gasteiger partial charge < -0.3 is 15.0 Å². The van der Waals surface area contributed by atoms with Crippen LogP contribution in [0.1, 0.15) is 54.2 Å². The van der Waals surface area contributed by atoms with Gasteiger partial charge in [0.15, 0.2) is 5.78 Å². The maximum atomic E-state index is 14.9. The molecule has 7 nitrogen and oxygen atoms in total. The summed E-state index contributed by atoms with van der Waals surface area (Å²) in [7, 11) is 1.94. The number of Topliss-reactive ketones (excluding diaryl/α,β-unsaturated/α-hetero) is 1. The van der Waals surface area contributed by atoms with Crippen LogP contribution >= 0.6 is 23.7 Å². The van der Waals surface area contributed by atoms with Crippen molar-refractivity contribution in [3.05, 3.63) is 123 Å². The Morgan fingerprint density at radius 1 is 0.938 bits per heavy atom. The van der Waals surface area contributed by atoms with Crippen LogP contribution in [0.3, 0.4) is 0 Å². The van der Waals surface area contributed by atoms with Gasteiger partial charge in [-0.2, -0.15) is 0 Å². The topological polar surface area (TPSA) is 91.6 Å². The van der Waals surface area contributed by atoms with Crippen molar-refractivity contribution in [2.75, 3.05) is 12.4 Å². The second-order valence-corrected chi connectivity index (χ2v) is 13.0. The van der Waals surface area contributed by atoms with E-state index < -0.39 is 35.0 Å². The molecule has 0 radical (unpaired) electrons. The van der Waals surface area contributed by atoms with Crippen LogP contribution in [-0.4, -0.2) is 39.4 Å². The summed E-state index contributed by atoms with van der Waals surface area (Å²) >= 11 is 1.31. The first-order valence-corrected chi connectivity index (χ1v) is 16.3. The summed E-state index contributed by atoms with van der Waals surface area (Å²) in [6.07, 6.45) is 0.576. The zero-order chi connectivity index (χ0) is 33.8. The van der Waals surface area contributed by atoms with E-state index in [4.69, 9.17) is 0 Å². The molecule has 2 N–H and O–H groups in total. The molecular weight excluding hydrogens is 656 g/mol. The van der Waals surface area contributed by atoms with Gasteiger partial charge in [0.25, 0.3) is 5.91 Å². The van der Waals surface area contributed by atoms with Gasteiger partial charge in [-0.05, 0) is 54.4 Å². The quantitative estimate of drug-likeness (QED) is 0.131. The van der Waals surface area contributed by atoms with Gasteiger partial charge in [0.05, 0.1) is 17.5 Å². The van der Waals surface area contributed by atoms with E-state index in [0.29, 0.717) is 34.6 Å².